The van der Waals surface area contributed by atoms with Crippen LogP contribution in [0.25, 0.3) is 0 Å². The zero-order valence-corrected chi connectivity index (χ0v) is 12.4. The summed E-state index contributed by atoms with van der Waals surface area (Å²) in [6.45, 7) is 0. The lowest BCUT2D eigenvalue weighted by Crippen LogP contribution is -2.17. The first-order chi connectivity index (χ1) is 9.56. The van der Waals surface area contributed by atoms with E-state index in [1.165, 1.54) is 6.21 Å². The fourth-order valence-corrected chi connectivity index (χ4v) is 2.02. The molecule has 6 heteroatoms. The van der Waals surface area contributed by atoms with Crippen LogP contribution in [0.4, 0.5) is 0 Å². The van der Waals surface area contributed by atoms with E-state index < -0.39 is 0 Å². The summed E-state index contributed by atoms with van der Waals surface area (Å²) in [6, 6.07) is 11.5. The summed E-state index contributed by atoms with van der Waals surface area (Å²) in [6.07, 6.45) is 1.45. The maximum Gasteiger partial charge on any atom is 0.271 e. The van der Waals surface area contributed by atoms with Crippen molar-refractivity contribution >= 4 is 46.9 Å². The fraction of sp³-hybridized carbons (Fsp3) is 0. The van der Waals surface area contributed by atoms with Crippen LogP contribution >= 0.6 is 34.8 Å². The van der Waals surface area contributed by atoms with E-state index >= 15 is 0 Å². The highest BCUT2D eigenvalue weighted by atomic mass is 35.5. The molecule has 0 atom stereocenters. The number of nitrogens with zero attached hydrogens (tertiary/aromatic N) is 1. The van der Waals surface area contributed by atoms with Gasteiger partial charge in [0.15, 0.2) is 0 Å². The highest BCUT2D eigenvalue weighted by molar-refractivity contribution is 6.36. The minimum absolute atomic E-state index is 0.331. The van der Waals surface area contributed by atoms with Gasteiger partial charge in [-0.3, -0.25) is 4.79 Å². The standard InChI is InChI=1S/C14H9Cl3N2O/c15-11-4-1-9(2-5-11)14(20)19-18-8-10-3-6-12(16)7-13(10)17/h1-8H,(H,19,20)/b18-8-. The van der Waals surface area contributed by atoms with Gasteiger partial charge < -0.3 is 0 Å². The van der Waals surface area contributed by atoms with Crippen LogP contribution in [0, 0.1) is 0 Å². The molecule has 2 aromatic rings. The van der Waals surface area contributed by atoms with Gasteiger partial charge in [-0.1, -0.05) is 40.9 Å². The third kappa shape index (κ3) is 3.97. The molecule has 0 aliphatic carbocycles. The van der Waals surface area contributed by atoms with Gasteiger partial charge in [0.25, 0.3) is 5.91 Å². The number of rotatable bonds is 3. The largest absolute Gasteiger partial charge is 0.271 e. The van der Waals surface area contributed by atoms with E-state index in [1.54, 1.807) is 42.5 Å². The quantitative estimate of drug-likeness (QED) is 0.658. The predicted molar refractivity (Wildman–Crippen MR) is 83.0 cm³/mol. The Kier molecular flexibility index (Phi) is 5.01. The van der Waals surface area contributed by atoms with E-state index in [2.05, 4.69) is 10.5 Å². The minimum atomic E-state index is -0.331. The second kappa shape index (κ2) is 6.75. The molecule has 0 aliphatic heterocycles. The van der Waals surface area contributed by atoms with Crippen LogP contribution in [-0.4, -0.2) is 12.1 Å². The lowest BCUT2D eigenvalue weighted by Gasteiger charge is -2.01. The lowest BCUT2D eigenvalue weighted by molar-refractivity contribution is 0.0955. The summed E-state index contributed by atoms with van der Waals surface area (Å²) in [4.78, 5) is 11.8. The third-order valence-electron chi connectivity index (χ3n) is 2.44. The summed E-state index contributed by atoms with van der Waals surface area (Å²) in [5.41, 5.74) is 3.53. The van der Waals surface area contributed by atoms with E-state index in [4.69, 9.17) is 34.8 Å². The molecule has 2 rings (SSSR count). The lowest BCUT2D eigenvalue weighted by atomic mass is 10.2. The van der Waals surface area contributed by atoms with E-state index in [-0.39, 0.29) is 5.91 Å². The molecule has 0 spiro atoms. The van der Waals surface area contributed by atoms with Crippen LogP contribution in [0.1, 0.15) is 15.9 Å². The number of halogens is 3. The van der Waals surface area contributed by atoms with E-state index in [1.807, 2.05) is 0 Å². The smallest absolute Gasteiger partial charge is 0.267 e. The normalized spacial score (nSPS) is 10.8. The molecule has 3 nitrogen and oxygen atoms in total. The van der Waals surface area contributed by atoms with Gasteiger partial charge in [0, 0.05) is 21.2 Å². The summed E-state index contributed by atoms with van der Waals surface area (Å²) in [7, 11) is 0. The Labute approximate surface area is 131 Å². The molecular formula is C14H9Cl3N2O. The van der Waals surface area contributed by atoms with Gasteiger partial charge in [-0.05, 0) is 36.4 Å². The van der Waals surface area contributed by atoms with Gasteiger partial charge >= 0.3 is 0 Å². The monoisotopic (exact) mass is 326 g/mol. The van der Waals surface area contributed by atoms with Crippen LogP contribution in [0.2, 0.25) is 15.1 Å². The maximum absolute atomic E-state index is 11.8. The highest BCUT2D eigenvalue weighted by Gasteiger charge is 2.03. The molecule has 2 aromatic carbocycles. The molecule has 0 unspecified atom stereocenters. The summed E-state index contributed by atoms with van der Waals surface area (Å²) in [5.74, 6) is -0.331. The van der Waals surface area contributed by atoms with Crippen LogP contribution in [-0.2, 0) is 0 Å². The molecule has 0 heterocycles. The van der Waals surface area contributed by atoms with Crippen molar-refractivity contribution < 1.29 is 4.79 Å². The van der Waals surface area contributed by atoms with E-state index in [9.17, 15) is 4.79 Å². The molecule has 1 N–H and O–H groups in total. The molecule has 20 heavy (non-hydrogen) atoms. The van der Waals surface area contributed by atoms with Crippen molar-refractivity contribution in [2.45, 2.75) is 0 Å². The van der Waals surface area contributed by atoms with Crippen molar-refractivity contribution in [2.75, 3.05) is 0 Å². The fourth-order valence-electron chi connectivity index (χ4n) is 1.43. The number of carbonyl (C=O) groups is 1. The average Bonchev–Trinajstić information content (AvgIpc) is 2.42. The second-order valence-corrected chi connectivity index (χ2v) is 5.15. The van der Waals surface area contributed by atoms with Crippen molar-refractivity contribution in [3.8, 4) is 0 Å². The number of hydrogen-bond acceptors (Lipinski definition) is 2. The molecule has 0 bridgehead atoms. The van der Waals surface area contributed by atoms with Gasteiger partial charge in [-0.25, -0.2) is 5.43 Å². The third-order valence-corrected chi connectivity index (χ3v) is 3.25. The summed E-state index contributed by atoms with van der Waals surface area (Å²) >= 11 is 17.5. The van der Waals surface area contributed by atoms with Crippen molar-refractivity contribution in [3.63, 3.8) is 0 Å². The summed E-state index contributed by atoms with van der Waals surface area (Å²) < 4.78 is 0. The van der Waals surface area contributed by atoms with Crippen molar-refractivity contribution in [1.29, 1.82) is 0 Å². The molecule has 0 saturated carbocycles. The van der Waals surface area contributed by atoms with Crippen LogP contribution in [0.5, 0.6) is 0 Å². The Morgan fingerprint density at radius 1 is 1.00 bits per heavy atom. The predicted octanol–water partition coefficient (Wildman–Crippen LogP) is 4.41. The number of hydrogen-bond donors (Lipinski definition) is 1. The topological polar surface area (TPSA) is 41.5 Å². The van der Waals surface area contributed by atoms with E-state index in [0.717, 1.165) is 0 Å². The molecule has 102 valence electrons. The Morgan fingerprint density at radius 3 is 2.30 bits per heavy atom. The molecule has 0 saturated heterocycles. The Bertz CT molecular complexity index is 654. The molecule has 0 aliphatic rings. The molecule has 0 fully saturated rings. The molecule has 0 radical (unpaired) electrons. The van der Waals surface area contributed by atoms with Gasteiger partial charge in [-0.15, -0.1) is 0 Å². The van der Waals surface area contributed by atoms with Crippen molar-refractivity contribution in [3.05, 3.63) is 68.7 Å². The zero-order valence-electron chi connectivity index (χ0n) is 10.1. The molecular weight excluding hydrogens is 319 g/mol. The SMILES string of the molecule is O=C(N/N=C\c1ccc(Cl)cc1Cl)c1ccc(Cl)cc1. The Hall–Kier alpha value is -1.55. The van der Waals surface area contributed by atoms with Crippen LogP contribution in [0.15, 0.2) is 47.6 Å². The summed E-state index contributed by atoms with van der Waals surface area (Å²) in [5, 5.41) is 5.41. The molecule has 0 aromatic heterocycles. The Balaban J connectivity index is 2.02. The number of benzene rings is 2. The minimum Gasteiger partial charge on any atom is -0.267 e. The number of amides is 1. The number of hydrazone groups is 1. The van der Waals surface area contributed by atoms with Gasteiger partial charge in [0.05, 0.1) is 11.2 Å². The highest BCUT2D eigenvalue weighted by Crippen LogP contribution is 2.19. The van der Waals surface area contributed by atoms with Gasteiger partial charge in [-0.2, -0.15) is 5.10 Å². The first-order valence-corrected chi connectivity index (χ1v) is 6.73. The second-order valence-electron chi connectivity index (χ2n) is 3.87. The zero-order chi connectivity index (χ0) is 14.5. The van der Waals surface area contributed by atoms with Crippen LogP contribution < -0.4 is 5.43 Å². The van der Waals surface area contributed by atoms with Gasteiger partial charge in [0.2, 0.25) is 0 Å². The van der Waals surface area contributed by atoms with Crippen LogP contribution in [0.3, 0.4) is 0 Å². The van der Waals surface area contributed by atoms with Crippen molar-refractivity contribution in [2.24, 2.45) is 5.10 Å². The average molecular weight is 328 g/mol. The number of nitrogens with one attached hydrogen (secondary N) is 1. The van der Waals surface area contributed by atoms with Crippen molar-refractivity contribution in [1.82, 2.24) is 5.43 Å². The maximum atomic E-state index is 11.8. The molecule has 1 amide bonds. The van der Waals surface area contributed by atoms with Gasteiger partial charge in [0.1, 0.15) is 0 Å². The van der Waals surface area contributed by atoms with E-state index in [0.29, 0.717) is 26.2 Å². The number of carbonyl (C=O) groups excluding carboxylic acids is 1. The Morgan fingerprint density at radius 2 is 1.65 bits per heavy atom. The first kappa shape index (κ1) is 14.9. The first-order valence-electron chi connectivity index (χ1n) is 5.60.